The molecule has 0 N–H and O–H groups in total. The summed E-state index contributed by atoms with van der Waals surface area (Å²) in [5, 5.41) is 0. The number of carbonyl (C=O) groups excluding carboxylic acids is 2. The normalized spacial score (nSPS) is 13.5. The van der Waals surface area contributed by atoms with E-state index in [-0.39, 0.29) is 29.7 Å². The maximum Gasteiger partial charge on any atom is 0.254 e. The SMILES string of the molecule is COc1cc2c(cc1OC)CN(C(=O)CN(CC(C)C)C(=O)c1ccc(C(C)(C)C)cc1)CC2. The Morgan fingerprint density at radius 1 is 1.00 bits per heavy atom. The van der Waals surface area contributed by atoms with Gasteiger partial charge in [-0.25, -0.2) is 0 Å². The quantitative estimate of drug-likeness (QED) is 0.594. The van der Waals surface area contributed by atoms with E-state index < -0.39 is 0 Å². The zero-order valence-corrected chi connectivity index (χ0v) is 21.6. The summed E-state index contributed by atoms with van der Waals surface area (Å²) >= 11 is 0. The fraction of sp³-hybridized carbons (Fsp3) is 0.500. The fourth-order valence-corrected chi connectivity index (χ4v) is 4.31. The van der Waals surface area contributed by atoms with Crippen LogP contribution in [0.1, 0.15) is 61.7 Å². The second kappa shape index (κ2) is 10.5. The molecule has 0 atom stereocenters. The number of fused-ring (bicyclic) bond motifs is 1. The maximum atomic E-state index is 13.3. The van der Waals surface area contributed by atoms with Crippen LogP contribution in [0.5, 0.6) is 11.5 Å². The lowest BCUT2D eigenvalue weighted by atomic mass is 9.86. The lowest BCUT2D eigenvalue weighted by Gasteiger charge is -2.32. The van der Waals surface area contributed by atoms with E-state index in [1.54, 1.807) is 19.1 Å². The zero-order valence-electron chi connectivity index (χ0n) is 21.6. The van der Waals surface area contributed by atoms with Gasteiger partial charge in [0.25, 0.3) is 5.91 Å². The number of benzene rings is 2. The van der Waals surface area contributed by atoms with Gasteiger partial charge in [0.2, 0.25) is 5.91 Å². The Hall–Kier alpha value is -3.02. The highest BCUT2D eigenvalue weighted by Crippen LogP contribution is 2.33. The Kier molecular flexibility index (Phi) is 7.90. The summed E-state index contributed by atoms with van der Waals surface area (Å²) in [6, 6.07) is 11.7. The van der Waals surface area contributed by atoms with Crippen LogP contribution >= 0.6 is 0 Å². The lowest BCUT2D eigenvalue weighted by molar-refractivity contribution is -0.132. The molecule has 0 saturated heterocycles. The van der Waals surface area contributed by atoms with Gasteiger partial charge in [0.1, 0.15) is 6.54 Å². The van der Waals surface area contributed by atoms with Crippen LogP contribution in [0.4, 0.5) is 0 Å². The van der Waals surface area contributed by atoms with Gasteiger partial charge in [-0.2, -0.15) is 0 Å². The second-order valence-electron chi connectivity index (χ2n) is 10.4. The van der Waals surface area contributed by atoms with Crippen LogP contribution in [0.3, 0.4) is 0 Å². The minimum atomic E-state index is -0.105. The van der Waals surface area contributed by atoms with E-state index in [4.69, 9.17) is 9.47 Å². The minimum Gasteiger partial charge on any atom is -0.493 e. The van der Waals surface area contributed by atoms with E-state index >= 15 is 0 Å². The maximum absolute atomic E-state index is 13.3. The van der Waals surface area contributed by atoms with E-state index in [1.807, 2.05) is 41.3 Å². The molecule has 2 amide bonds. The average Bonchev–Trinajstić information content (AvgIpc) is 2.81. The van der Waals surface area contributed by atoms with Gasteiger partial charge in [-0.3, -0.25) is 9.59 Å². The Bertz CT molecular complexity index is 1020. The third-order valence-electron chi connectivity index (χ3n) is 6.27. The standard InChI is InChI=1S/C28H38N2O4/c1-19(2)16-30(27(32)20-8-10-23(11-9-20)28(3,4)5)18-26(31)29-13-12-21-14-24(33-6)25(34-7)15-22(21)17-29/h8-11,14-15,19H,12-13,16-18H2,1-7H3. The summed E-state index contributed by atoms with van der Waals surface area (Å²) < 4.78 is 10.8. The van der Waals surface area contributed by atoms with E-state index in [0.717, 1.165) is 17.5 Å². The summed E-state index contributed by atoms with van der Waals surface area (Å²) in [5.41, 5.74) is 4.02. The van der Waals surface area contributed by atoms with Gasteiger partial charge in [0.15, 0.2) is 11.5 Å². The first kappa shape index (κ1) is 25.6. The van der Waals surface area contributed by atoms with Crippen LogP contribution in [0, 0.1) is 5.92 Å². The molecule has 0 spiro atoms. The van der Waals surface area contributed by atoms with Crippen LogP contribution in [0.2, 0.25) is 0 Å². The topological polar surface area (TPSA) is 59.1 Å². The molecule has 184 valence electrons. The number of amides is 2. The molecule has 1 aliphatic heterocycles. The molecule has 3 rings (SSSR count). The monoisotopic (exact) mass is 466 g/mol. The fourth-order valence-electron chi connectivity index (χ4n) is 4.31. The third kappa shape index (κ3) is 5.91. The highest BCUT2D eigenvalue weighted by Gasteiger charge is 2.27. The molecule has 0 unspecified atom stereocenters. The molecule has 2 aromatic carbocycles. The molecule has 0 saturated carbocycles. The van der Waals surface area contributed by atoms with Crippen LogP contribution in [0.25, 0.3) is 0 Å². The summed E-state index contributed by atoms with van der Waals surface area (Å²) in [6.45, 7) is 12.3. The molecule has 1 heterocycles. The molecular weight excluding hydrogens is 428 g/mol. The zero-order chi connectivity index (χ0) is 25.0. The number of nitrogens with zero attached hydrogens (tertiary/aromatic N) is 2. The lowest BCUT2D eigenvalue weighted by Crippen LogP contribution is -2.45. The van der Waals surface area contributed by atoms with Crippen molar-refractivity contribution in [2.75, 3.05) is 33.9 Å². The van der Waals surface area contributed by atoms with E-state index in [1.165, 1.54) is 5.56 Å². The summed E-state index contributed by atoms with van der Waals surface area (Å²) in [4.78, 5) is 30.1. The number of hydrogen-bond acceptors (Lipinski definition) is 4. The van der Waals surface area contributed by atoms with Gasteiger partial charge in [0, 0.05) is 25.2 Å². The average molecular weight is 467 g/mol. The number of carbonyl (C=O) groups is 2. The van der Waals surface area contributed by atoms with Crippen molar-refractivity contribution in [3.8, 4) is 11.5 Å². The van der Waals surface area contributed by atoms with E-state index in [9.17, 15) is 9.59 Å². The first-order valence-electron chi connectivity index (χ1n) is 11.9. The summed E-state index contributed by atoms with van der Waals surface area (Å²) in [6.07, 6.45) is 0.744. The van der Waals surface area contributed by atoms with E-state index in [0.29, 0.717) is 36.7 Å². The van der Waals surface area contributed by atoms with Crippen LogP contribution in [-0.2, 0) is 23.2 Å². The van der Waals surface area contributed by atoms with Crippen molar-refractivity contribution >= 4 is 11.8 Å². The highest BCUT2D eigenvalue weighted by atomic mass is 16.5. The van der Waals surface area contributed by atoms with Crippen LogP contribution < -0.4 is 9.47 Å². The second-order valence-corrected chi connectivity index (χ2v) is 10.4. The van der Waals surface area contributed by atoms with Crippen molar-refractivity contribution in [1.82, 2.24) is 9.80 Å². The predicted molar refractivity (Wildman–Crippen MR) is 135 cm³/mol. The first-order valence-corrected chi connectivity index (χ1v) is 11.9. The first-order chi connectivity index (χ1) is 16.0. The van der Waals surface area contributed by atoms with Crippen LogP contribution in [-0.4, -0.2) is 55.5 Å². The Balaban J connectivity index is 1.75. The molecule has 34 heavy (non-hydrogen) atoms. The van der Waals surface area contributed by atoms with Gasteiger partial charge in [-0.1, -0.05) is 46.8 Å². The van der Waals surface area contributed by atoms with Crippen molar-refractivity contribution < 1.29 is 19.1 Å². The van der Waals surface area contributed by atoms with Gasteiger partial charge >= 0.3 is 0 Å². The molecule has 0 fully saturated rings. The van der Waals surface area contributed by atoms with E-state index in [2.05, 4.69) is 34.6 Å². The third-order valence-corrected chi connectivity index (χ3v) is 6.27. The molecule has 6 nitrogen and oxygen atoms in total. The molecule has 2 aromatic rings. The van der Waals surface area contributed by atoms with Crippen molar-refractivity contribution in [2.45, 2.75) is 53.0 Å². The van der Waals surface area contributed by atoms with Gasteiger partial charge in [-0.15, -0.1) is 0 Å². The Labute approximate surface area is 203 Å². The molecule has 0 aliphatic carbocycles. The molecule has 6 heteroatoms. The molecule has 1 aliphatic rings. The molecule has 0 bridgehead atoms. The van der Waals surface area contributed by atoms with Crippen molar-refractivity contribution in [3.05, 3.63) is 58.7 Å². The van der Waals surface area contributed by atoms with Crippen molar-refractivity contribution in [2.24, 2.45) is 5.92 Å². The molecule has 0 aromatic heterocycles. The van der Waals surface area contributed by atoms with Crippen molar-refractivity contribution in [3.63, 3.8) is 0 Å². The van der Waals surface area contributed by atoms with Gasteiger partial charge in [0.05, 0.1) is 14.2 Å². The predicted octanol–water partition coefficient (Wildman–Crippen LogP) is 4.68. The smallest absolute Gasteiger partial charge is 0.254 e. The van der Waals surface area contributed by atoms with Crippen molar-refractivity contribution in [1.29, 1.82) is 0 Å². The summed E-state index contributed by atoms with van der Waals surface area (Å²) in [7, 11) is 3.24. The molecule has 0 radical (unpaired) electrons. The summed E-state index contributed by atoms with van der Waals surface area (Å²) in [5.74, 6) is 1.47. The number of ether oxygens (including phenoxy) is 2. The number of hydrogen-bond donors (Lipinski definition) is 0. The van der Waals surface area contributed by atoms with Crippen LogP contribution in [0.15, 0.2) is 36.4 Å². The highest BCUT2D eigenvalue weighted by molar-refractivity contribution is 5.96. The Morgan fingerprint density at radius 3 is 2.12 bits per heavy atom. The van der Waals surface area contributed by atoms with Gasteiger partial charge < -0.3 is 19.3 Å². The number of rotatable bonds is 7. The Morgan fingerprint density at radius 2 is 1.59 bits per heavy atom. The van der Waals surface area contributed by atoms with Gasteiger partial charge in [-0.05, 0) is 58.7 Å². The largest absolute Gasteiger partial charge is 0.493 e. The number of methoxy groups -OCH3 is 2. The molecular formula is C28H38N2O4. The minimum absolute atomic E-state index is 0.0203.